The quantitative estimate of drug-likeness (QED) is 0.221. The van der Waals surface area contributed by atoms with E-state index in [9.17, 15) is 0 Å². The SMILES string of the molecule is [Br-].[Br-].[Ni+2].c1ccc(C2N=C(CC3=NC(c4ccccc4)C(c4ccccc4)(c4ccccc4)O3)OC2(c2ccccc2)c2ccccc2)cc1. The summed E-state index contributed by atoms with van der Waals surface area (Å²) < 4.78 is 14.3. The Bertz CT molecular complexity index is 1790. The van der Waals surface area contributed by atoms with Gasteiger partial charge in [0, 0.05) is 22.3 Å². The molecule has 2 aliphatic rings. The first-order valence-electron chi connectivity index (χ1n) is 16.1. The monoisotopic (exact) mass is 826 g/mol. The summed E-state index contributed by atoms with van der Waals surface area (Å²) in [5.41, 5.74) is 4.58. The maximum atomic E-state index is 7.16. The molecule has 0 saturated carbocycles. The molecule has 0 saturated heterocycles. The van der Waals surface area contributed by atoms with Crippen LogP contribution in [0, 0.1) is 0 Å². The predicted molar refractivity (Wildman–Crippen MR) is 187 cm³/mol. The fourth-order valence-corrected chi connectivity index (χ4v) is 7.13. The second-order valence-corrected chi connectivity index (χ2v) is 12.0. The summed E-state index contributed by atoms with van der Waals surface area (Å²) >= 11 is 0. The topological polar surface area (TPSA) is 43.2 Å². The summed E-state index contributed by atoms with van der Waals surface area (Å²) in [4.78, 5) is 10.7. The fraction of sp³-hybridized carbons (Fsp3) is 0.116. The van der Waals surface area contributed by atoms with Crippen molar-refractivity contribution in [2.45, 2.75) is 29.7 Å². The van der Waals surface area contributed by atoms with Crippen LogP contribution < -0.4 is 34.0 Å². The molecule has 50 heavy (non-hydrogen) atoms. The maximum absolute atomic E-state index is 7.16. The molecule has 6 aromatic rings. The smallest absolute Gasteiger partial charge is 1.00 e. The Morgan fingerprint density at radius 3 is 0.880 bits per heavy atom. The molecule has 2 unspecified atom stereocenters. The Balaban J connectivity index is 0.00000162. The molecule has 8 rings (SSSR count). The number of hydrogen-bond donors (Lipinski definition) is 0. The van der Waals surface area contributed by atoms with Gasteiger partial charge >= 0.3 is 16.5 Å². The first-order valence-corrected chi connectivity index (χ1v) is 16.1. The van der Waals surface area contributed by atoms with Crippen molar-refractivity contribution in [2.24, 2.45) is 9.98 Å². The first kappa shape index (κ1) is 37.0. The van der Waals surface area contributed by atoms with Gasteiger partial charge in [-0.05, 0) is 11.1 Å². The first-order chi connectivity index (χ1) is 23.3. The van der Waals surface area contributed by atoms with Crippen LogP contribution in [0.15, 0.2) is 192 Å². The molecular weight excluding hydrogens is 795 g/mol. The zero-order valence-electron chi connectivity index (χ0n) is 27.0. The van der Waals surface area contributed by atoms with Crippen molar-refractivity contribution in [2.75, 3.05) is 0 Å². The number of benzene rings is 6. The van der Waals surface area contributed by atoms with Gasteiger partial charge < -0.3 is 43.4 Å². The summed E-state index contributed by atoms with van der Waals surface area (Å²) in [6.07, 6.45) is 0.315. The largest absolute Gasteiger partial charge is 2.00 e. The maximum Gasteiger partial charge on any atom is 2.00 e. The number of nitrogens with zero attached hydrogens (tertiary/aromatic N) is 2. The molecule has 0 fully saturated rings. The van der Waals surface area contributed by atoms with Crippen molar-refractivity contribution in [1.29, 1.82) is 0 Å². The molecule has 0 spiro atoms. The summed E-state index contributed by atoms with van der Waals surface area (Å²) in [5.74, 6) is 1.18. The molecule has 0 amide bonds. The van der Waals surface area contributed by atoms with Crippen LogP contribution in [-0.2, 0) is 37.2 Å². The third-order valence-corrected chi connectivity index (χ3v) is 9.22. The van der Waals surface area contributed by atoms with E-state index >= 15 is 0 Å². The molecule has 2 heterocycles. The second-order valence-electron chi connectivity index (χ2n) is 12.0. The molecule has 0 N–H and O–H groups in total. The molecule has 0 bridgehead atoms. The summed E-state index contributed by atoms with van der Waals surface area (Å²) in [5, 5.41) is 0. The fourth-order valence-electron chi connectivity index (χ4n) is 7.13. The van der Waals surface area contributed by atoms with E-state index in [1.807, 2.05) is 36.4 Å². The van der Waals surface area contributed by atoms with Crippen LogP contribution in [0.5, 0.6) is 0 Å². The summed E-state index contributed by atoms with van der Waals surface area (Å²) in [7, 11) is 0. The van der Waals surface area contributed by atoms with Crippen molar-refractivity contribution in [3.63, 3.8) is 0 Å². The number of aliphatic imine (C=N–C) groups is 2. The van der Waals surface area contributed by atoms with Crippen LogP contribution in [0.25, 0.3) is 0 Å². The molecule has 0 aromatic heterocycles. The zero-order chi connectivity index (χ0) is 31.5. The van der Waals surface area contributed by atoms with Gasteiger partial charge in [-0.25, -0.2) is 9.98 Å². The van der Waals surface area contributed by atoms with E-state index in [2.05, 4.69) is 146 Å². The molecule has 2 aliphatic heterocycles. The second kappa shape index (κ2) is 16.2. The minimum Gasteiger partial charge on any atom is -1.00 e. The molecule has 0 aliphatic carbocycles. The Labute approximate surface area is 324 Å². The van der Waals surface area contributed by atoms with Crippen LogP contribution >= 0.6 is 0 Å². The van der Waals surface area contributed by atoms with Crippen molar-refractivity contribution in [3.05, 3.63) is 215 Å². The summed E-state index contributed by atoms with van der Waals surface area (Å²) in [6, 6.07) is 61.9. The molecule has 252 valence electrons. The predicted octanol–water partition coefficient (Wildman–Crippen LogP) is 3.61. The number of hydrogen-bond acceptors (Lipinski definition) is 4. The van der Waals surface area contributed by atoms with Gasteiger partial charge in [-0.2, -0.15) is 0 Å². The standard InChI is InChI=1S/C43H34N2O2.2BrH.Ni/c1-7-19-32(20-8-1)40-42(34-23-11-3-12-24-34,35-25-13-4-14-26-35)46-38(44-40)31-39-45-41(33-21-9-2-10-22-33)43(47-39,36-27-15-5-16-28-36)37-29-17-6-18-30-37;;;/h1-30,40-41H,31H2;2*1H;/q;;;+2/p-2. The van der Waals surface area contributed by atoms with Crippen molar-refractivity contribution in [3.8, 4) is 0 Å². The van der Waals surface area contributed by atoms with Gasteiger partial charge in [0.05, 0.1) is 6.42 Å². The van der Waals surface area contributed by atoms with Gasteiger partial charge in [0.25, 0.3) is 0 Å². The van der Waals surface area contributed by atoms with Gasteiger partial charge in [-0.3, -0.25) is 0 Å². The minimum absolute atomic E-state index is 0. The molecule has 4 nitrogen and oxygen atoms in total. The average Bonchev–Trinajstić information content (AvgIpc) is 3.74. The Kier molecular flexibility index (Phi) is 12.0. The van der Waals surface area contributed by atoms with Crippen LogP contribution in [0.4, 0.5) is 0 Å². The van der Waals surface area contributed by atoms with E-state index in [1.54, 1.807) is 0 Å². The van der Waals surface area contributed by atoms with Crippen LogP contribution in [0.1, 0.15) is 51.9 Å². The summed E-state index contributed by atoms with van der Waals surface area (Å²) in [6.45, 7) is 0. The third-order valence-electron chi connectivity index (χ3n) is 9.22. The molecule has 2 atom stereocenters. The zero-order valence-corrected chi connectivity index (χ0v) is 31.1. The van der Waals surface area contributed by atoms with E-state index in [1.165, 1.54) is 0 Å². The number of rotatable bonds is 8. The average molecular weight is 829 g/mol. The van der Waals surface area contributed by atoms with Gasteiger partial charge in [-0.15, -0.1) is 0 Å². The van der Waals surface area contributed by atoms with Crippen LogP contribution in [-0.4, -0.2) is 11.8 Å². The third kappa shape index (κ3) is 6.63. The van der Waals surface area contributed by atoms with Crippen molar-refractivity contribution < 1.29 is 59.9 Å². The van der Waals surface area contributed by atoms with Gasteiger partial charge in [0.2, 0.25) is 0 Å². The molecule has 0 radical (unpaired) electrons. The minimum atomic E-state index is -0.868. The number of halogens is 2. The Morgan fingerprint density at radius 2 is 0.620 bits per heavy atom. The van der Waals surface area contributed by atoms with Crippen LogP contribution in [0.2, 0.25) is 0 Å². The Morgan fingerprint density at radius 1 is 0.380 bits per heavy atom. The molecule has 7 heteroatoms. The van der Waals surface area contributed by atoms with Gasteiger partial charge in [0.15, 0.2) is 23.0 Å². The van der Waals surface area contributed by atoms with E-state index in [0.717, 1.165) is 33.4 Å². The van der Waals surface area contributed by atoms with E-state index in [4.69, 9.17) is 19.5 Å². The number of ether oxygens (including phenoxy) is 2. The van der Waals surface area contributed by atoms with Crippen molar-refractivity contribution >= 4 is 11.8 Å². The Hall–Kier alpha value is -4.29. The van der Waals surface area contributed by atoms with Crippen molar-refractivity contribution in [1.82, 2.24) is 0 Å². The van der Waals surface area contributed by atoms with Gasteiger partial charge in [-0.1, -0.05) is 182 Å². The van der Waals surface area contributed by atoms with E-state index < -0.39 is 11.2 Å². The molecule has 6 aromatic carbocycles. The molecular formula is C43H34Br2N2NiO2. The van der Waals surface area contributed by atoms with E-state index in [-0.39, 0.29) is 62.5 Å². The normalized spacial score (nSPS) is 18.1. The van der Waals surface area contributed by atoms with Crippen LogP contribution in [0.3, 0.4) is 0 Å². The van der Waals surface area contributed by atoms with Gasteiger partial charge in [0.1, 0.15) is 12.1 Å². The van der Waals surface area contributed by atoms with E-state index in [0.29, 0.717) is 18.2 Å².